The fraction of sp³-hybridized carbons (Fsp3) is 0.190. The average Bonchev–Trinajstić information content (AvgIpc) is 2.94. The van der Waals surface area contributed by atoms with Gasteiger partial charge < -0.3 is 4.74 Å². The highest BCUT2D eigenvalue weighted by Crippen LogP contribution is 2.16. The third kappa shape index (κ3) is 3.88. The van der Waals surface area contributed by atoms with Gasteiger partial charge in [-0.25, -0.2) is 4.79 Å². The zero-order valence-electron chi connectivity index (χ0n) is 14.8. The Morgan fingerprint density at radius 2 is 1.58 bits per heavy atom. The topological polar surface area (TPSA) is 61.2 Å². The quantitative estimate of drug-likeness (QED) is 0.504. The van der Waals surface area contributed by atoms with Gasteiger partial charge >= 0.3 is 5.97 Å². The van der Waals surface area contributed by atoms with E-state index in [0.29, 0.717) is 23.4 Å². The first-order valence-corrected chi connectivity index (χ1v) is 8.39. The number of rotatable bonds is 6. The molecule has 2 aromatic carbocycles. The number of esters is 1. The molecule has 3 rings (SSSR count). The number of nitrogens with zero attached hydrogens (tertiary/aromatic N) is 2. The van der Waals surface area contributed by atoms with E-state index in [-0.39, 0.29) is 12.4 Å². The minimum atomic E-state index is -0.524. The summed E-state index contributed by atoms with van der Waals surface area (Å²) in [5.74, 6) is -0.755. The molecule has 5 heteroatoms. The second kappa shape index (κ2) is 7.78. The van der Waals surface area contributed by atoms with E-state index < -0.39 is 5.97 Å². The van der Waals surface area contributed by atoms with Gasteiger partial charge in [0.1, 0.15) is 5.56 Å². The number of hydrogen-bond donors (Lipinski definition) is 0. The molecule has 0 N–H and O–H groups in total. The maximum atomic E-state index is 12.5. The fourth-order valence-corrected chi connectivity index (χ4v) is 2.81. The van der Waals surface area contributed by atoms with Crippen molar-refractivity contribution in [3.63, 3.8) is 0 Å². The van der Waals surface area contributed by atoms with Crippen molar-refractivity contribution in [1.82, 2.24) is 9.78 Å². The number of benzene rings is 2. The second-order valence-electron chi connectivity index (χ2n) is 6.05. The standard InChI is InChI=1S/C21H20N2O3/c1-15-20(16(2)23(22-15)13-17-9-5-3-6-10-17)21(25)26-14-19(24)18-11-7-4-8-12-18/h3-12H,13-14H2,1-2H3. The van der Waals surface area contributed by atoms with Crippen molar-refractivity contribution >= 4 is 11.8 Å². The third-order valence-electron chi connectivity index (χ3n) is 4.19. The lowest BCUT2D eigenvalue weighted by molar-refractivity contribution is 0.0473. The van der Waals surface area contributed by atoms with Gasteiger partial charge in [0, 0.05) is 5.56 Å². The number of aromatic nitrogens is 2. The van der Waals surface area contributed by atoms with Crippen LogP contribution >= 0.6 is 0 Å². The smallest absolute Gasteiger partial charge is 0.342 e. The molecule has 3 aromatic rings. The van der Waals surface area contributed by atoms with Crippen LogP contribution in [0.1, 0.15) is 37.7 Å². The molecular weight excluding hydrogens is 328 g/mol. The Kier molecular flexibility index (Phi) is 5.27. The zero-order valence-corrected chi connectivity index (χ0v) is 14.8. The zero-order chi connectivity index (χ0) is 18.5. The van der Waals surface area contributed by atoms with Crippen molar-refractivity contribution in [3.05, 3.63) is 88.7 Å². The Hall–Kier alpha value is -3.21. The van der Waals surface area contributed by atoms with Crippen LogP contribution in [-0.4, -0.2) is 28.1 Å². The SMILES string of the molecule is Cc1nn(Cc2ccccc2)c(C)c1C(=O)OCC(=O)c1ccccc1. The average molecular weight is 348 g/mol. The molecule has 0 fully saturated rings. The van der Waals surface area contributed by atoms with E-state index in [4.69, 9.17) is 4.74 Å². The van der Waals surface area contributed by atoms with Crippen molar-refractivity contribution in [3.8, 4) is 0 Å². The van der Waals surface area contributed by atoms with E-state index in [0.717, 1.165) is 11.3 Å². The molecule has 1 heterocycles. The van der Waals surface area contributed by atoms with Crippen molar-refractivity contribution in [2.75, 3.05) is 6.61 Å². The number of ether oxygens (including phenoxy) is 1. The Balaban J connectivity index is 1.70. The van der Waals surface area contributed by atoms with E-state index in [1.807, 2.05) is 43.3 Å². The van der Waals surface area contributed by atoms with Gasteiger partial charge in [-0.05, 0) is 19.4 Å². The molecule has 132 valence electrons. The Bertz CT molecular complexity index is 915. The first-order valence-electron chi connectivity index (χ1n) is 8.39. The first kappa shape index (κ1) is 17.6. The van der Waals surface area contributed by atoms with Gasteiger partial charge in [-0.3, -0.25) is 9.48 Å². The molecule has 0 aliphatic carbocycles. The van der Waals surface area contributed by atoms with Gasteiger partial charge in [0.2, 0.25) is 0 Å². The summed E-state index contributed by atoms with van der Waals surface area (Å²) in [5.41, 5.74) is 3.35. The van der Waals surface area contributed by atoms with Crippen LogP contribution in [0, 0.1) is 13.8 Å². The Morgan fingerprint density at radius 1 is 0.962 bits per heavy atom. The van der Waals surface area contributed by atoms with Gasteiger partial charge in [0.15, 0.2) is 12.4 Å². The monoisotopic (exact) mass is 348 g/mol. The molecule has 0 radical (unpaired) electrons. The molecular formula is C21H20N2O3. The summed E-state index contributed by atoms with van der Waals surface area (Å²) in [7, 11) is 0. The van der Waals surface area contributed by atoms with Gasteiger partial charge in [-0.2, -0.15) is 5.10 Å². The highest BCUT2D eigenvalue weighted by Gasteiger charge is 2.21. The lowest BCUT2D eigenvalue weighted by atomic mass is 10.1. The summed E-state index contributed by atoms with van der Waals surface area (Å²) in [6.07, 6.45) is 0. The Labute approximate surface area is 152 Å². The summed E-state index contributed by atoms with van der Waals surface area (Å²) in [5, 5.41) is 4.44. The molecule has 0 amide bonds. The van der Waals surface area contributed by atoms with Crippen LogP contribution < -0.4 is 0 Å². The highest BCUT2D eigenvalue weighted by atomic mass is 16.5. The predicted molar refractivity (Wildman–Crippen MR) is 98.3 cm³/mol. The largest absolute Gasteiger partial charge is 0.454 e. The van der Waals surface area contributed by atoms with Crippen LogP contribution in [0.4, 0.5) is 0 Å². The van der Waals surface area contributed by atoms with Crippen LogP contribution in [0.5, 0.6) is 0 Å². The highest BCUT2D eigenvalue weighted by molar-refractivity contribution is 5.99. The number of carbonyl (C=O) groups is 2. The van der Waals surface area contributed by atoms with E-state index in [1.54, 1.807) is 35.9 Å². The minimum Gasteiger partial charge on any atom is -0.454 e. The molecule has 0 aliphatic rings. The van der Waals surface area contributed by atoms with Crippen molar-refractivity contribution in [1.29, 1.82) is 0 Å². The molecule has 5 nitrogen and oxygen atoms in total. The van der Waals surface area contributed by atoms with Gasteiger partial charge in [-0.15, -0.1) is 0 Å². The van der Waals surface area contributed by atoms with Gasteiger partial charge in [0.25, 0.3) is 0 Å². The van der Waals surface area contributed by atoms with Crippen molar-refractivity contribution in [2.24, 2.45) is 0 Å². The summed E-state index contributed by atoms with van der Waals surface area (Å²) >= 11 is 0. The number of hydrogen-bond acceptors (Lipinski definition) is 4. The normalized spacial score (nSPS) is 10.5. The van der Waals surface area contributed by atoms with E-state index in [2.05, 4.69) is 5.10 Å². The van der Waals surface area contributed by atoms with Gasteiger partial charge in [0.05, 0.1) is 17.9 Å². The third-order valence-corrected chi connectivity index (χ3v) is 4.19. The van der Waals surface area contributed by atoms with Crippen LogP contribution in [0.15, 0.2) is 60.7 Å². The van der Waals surface area contributed by atoms with E-state index >= 15 is 0 Å². The predicted octanol–water partition coefficient (Wildman–Crippen LogP) is 3.59. The van der Waals surface area contributed by atoms with Crippen LogP contribution in [-0.2, 0) is 11.3 Å². The molecule has 0 bridgehead atoms. The van der Waals surface area contributed by atoms with Crippen LogP contribution in [0.25, 0.3) is 0 Å². The van der Waals surface area contributed by atoms with Crippen LogP contribution in [0.2, 0.25) is 0 Å². The molecule has 0 atom stereocenters. The lowest BCUT2D eigenvalue weighted by Crippen LogP contribution is -2.15. The van der Waals surface area contributed by atoms with Crippen molar-refractivity contribution < 1.29 is 14.3 Å². The van der Waals surface area contributed by atoms with E-state index in [1.165, 1.54) is 0 Å². The molecule has 1 aromatic heterocycles. The number of Topliss-reactive ketones (excluding diaryl/α,β-unsaturated/α-hetero) is 1. The first-order chi connectivity index (χ1) is 12.6. The van der Waals surface area contributed by atoms with Crippen molar-refractivity contribution in [2.45, 2.75) is 20.4 Å². The summed E-state index contributed by atoms with van der Waals surface area (Å²) in [4.78, 5) is 24.6. The maximum Gasteiger partial charge on any atom is 0.342 e. The molecule has 0 spiro atoms. The molecule has 0 saturated heterocycles. The molecule has 26 heavy (non-hydrogen) atoms. The summed E-state index contributed by atoms with van der Waals surface area (Å²) in [6.45, 7) is 3.89. The maximum absolute atomic E-state index is 12.5. The summed E-state index contributed by atoms with van der Waals surface area (Å²) < 4.78 is 7.01. The number of carbonyl (C=O) groups excluding carboxylic acids is 2. The summed E-state index contributed by atoms with van der Waals surface area (Å²) in [6, 6.07) is 18.7. The number of aryl methyl sites for hydroxylation is 1. The molecule has 0 aliphatic heterocycles. The second-order valence-corrected chi connectivity index (χ2v) is 6.05. The number of ketones is 1. The minimum absolute atomic E-state index is 0.231. The lowest BCUT2D eigenvalue weighted by Gasteiger charge is -2.06. The van der Waals surface area contributed by atoms with Crippen LogP contribution in [0.3, 0.4) is 0 Å². The van der Waals surface area contributed by atoms with Gasteiger partial charge in [-0.1, -0.05) is 60.7 Å². The molecule has 0 unspecified atom stereocenters. The molecule has 0 saturated carbocycles. The Morgan fingerprint density at radius 3 is 2.23 bits per heavy atom. The van der Waals surface area contributed by atoms with E-state index in [9.17, 15) is 9.59 Å². The fourth-order valence-electron chi connectivity index (χ4n) is 2.81.